The fraction of sp³-hybridized carbons (Fsp3) is 0.407. The van der Waals surface area contributed by atoms with Crippen LogP contribution in [0.1, 0.15) is 60.9 Å². The molecule has 2 atom stereocenters. The minimum atomic E-state index is -0.234. The first-order valence-electron chi connectivity index (χ1n) is 12.0. The molecule has 3 aliphatic rings. The molecule has 3 aliphatic heterocycles. The molecule has 6 nitrogen and oxygen atoms in total. The van der Waals surface area contributed by atoms with Crippen molar-refractivity contribution in [2.45, 2.75) is 57.7 Å². The minimum Gasteiger partial charge on any atom is -0.338 e. The molecule has 172 valence electrons. The lowest BCUT2D eigenvalue weighted by Gasteiger charge is -2.33. The maximum Gasteiger partial charge on any atom is 0.250 e. The molecule has 33 heavy (non-hydrogen) atoms. The van der Waals surface area contributed by atoms with Crippen molar-refractivity contribution in [3.05, 3.63) is 83.2 Å². The van der Waals surface area contributed by atoms with Crippen molar-refractivity contribution >= 4 is 11.8 Å². The number of carbonyl (C=O) groups excluding carboxylic acids is 2. The number of rotatable bonds is 5. The molecule has 0 radical (unpaired) electrons. The second-order valence-corrected chi connectivity index (χ2v) is 9.58. The smallest absolute Gasteiger partial charge is 0.250 e. The Hall–Kier alpha value is -3.12. The van der Waals surface area contributed by atoms with Gasteiger partial charge in [0, 0.05) is 38.5 Å². The fourth-order valence-electron chi connectivity index (χ4n) is 5.03. The van der Waals surface area contributed by atoms with Gasteiger partial charge in [0.05, 0.1) is 6.04 Å². The monoisotopic (exact) mass is 444 g/mol. The van der Waals surface area contributed by atoms with Crippen molar-refractivity contribution < 1.29 is 9.59 Å². The number of benzene rings is 2. The van der Waals surface area contributed by atoms with Crippen LogP contribution >= 0.6 is 0 Å². The molecule has 1 N–H and O–H groups in total. The number of nitrogens with one attached hydrogen (secondary N) is 1. The summed E-state index contributed by atoms with van der Waals surface area (Å²) in [7, 11) is 0. The average molecular weight is 445 g/mol. The van der Waals surface area contributed by atoms with Gasteiger partial charge in [0.15, 0.2) is 0 Å². The van der Waals surface area contributed by atoms with Crippen LogP contribution in [-0.2, 0) is 22.6 Å². The highest BCUT2D eigenvalue weighted by Crippen LogP contribution is 2.31. The molecular formula is C27H32N4O2. The van der Waals surface area contributed by atoms with Gasteiger partial charge < -0.3 is 14.8 Å². The SMILES string of the molecule is CC(C)c1ccc(C2CC3C(=O)N(CCC(=O)N4CCc5ccccc5C4)C=CN3N2)cc1. The van der Waals surface area contributed by atoms with Gasteiger partial charge in [-0.15, -0.1) is 0 Å². The van der Waals surface area contributed by atoms with Crippen molar-refractivity contribution in [2.24, 2.45) is 0 Å². The van der Waals surface area contributed by atoms with E-state index in [0.29, 0.717) is 25.4 Å². The van der Waals surface area contributed by atoms with Gasteiger partial charge in [-0.2, -0.15) is 0 Å². The zero-order valence-corrected chi connectivity index (χ0v) is 19.4. The van der Waals surface area contributed by atoms with E-state index < -0.39 is 0 Å². The van der Waals surface area contributed by atoms with Crippen molar-refractivity contribution in [3.63, 3.8) is 0 Å². The van der Waals surface area contributed by atoms with Gasteiger partial charge in [0.25, 0.3) is 5.91 Å². The van der Waals surface area contributed by atoms with E-state index in [1.807, 2.05) is 22.2 Å². The lowest BCUT2D eigenvalue weighted by Crippen LogP contribution is -2.48. The third kappa shape index (κ3) is 4.40. The topological polar surface area (TPSA) is 55.9 Å². The van der Waals surface area contributed by atoms with Gasteiger partial charge in [-0.25, -0.2) is 5.43 Å². The summed E-state index contributed by atoms with van der Waals surface area (Å²) in [4.78, 5) is 29.6. The summed E-state index contributed by atoms with van der Waals surface area (Å²) in [6, 6.07) is 16.9. The molecule has 3 heterocycles. The Labute approximate surface area is 195 Å². The lowest BCUT2D eigenvalue weighted by atomic mass is 9.97. The highest BCUT2D eigenvalue weighted by molar-refractivity contribution is 5.85. The van der Waals surface area contributed by atoms with Crippen LogP contribution in [0.5, 0.6) is 0 Å². The average Bonchev–Trinajstić information content (AvgIpc) is 3.28. The van der Waals surface area contributed by atoms with E-state index in [1.165, 1.54) is 22.3 Å². The van der Waals surface area contributed by atoms with E-state index in [-0.39, 0.29) is 23.9 Å². The van der Waals surface area contributed by atoms with Crippen molar-refractivity contribution in [1.29, 1.82) is 0 Å². The van der Waals surface area contributed by atoms with Crippen LogP contribution in [0, 0.1) is 0 Å². The Morgan fingerprint density at radius 3 is 2.58 bits per heavy atom. The van der Waals surface area contributed by atoms with Gasteiger partial charge >= 0.3 is 0 Å². The number of hydrogen-bond acceptors (Lipinski definition) is 4. The molecule has 2 unspecified atom stereocenters. The number of amides is 2. The highest BCUT2D eigenvalue weighted by atomic mass is 16.2. The van der Waals surface area contributed by atoms with Gasteiger partial charge in [-0.05, 0) is 41.0 Å². The molecule has 0 aliphatic carbocycles. The molecule has 2 aromatic rings. The van der Waals surface area contributed by atoms with E-state index in [1.54, 1.807) is 11.1 Å². The second kappa shape index (κ2) is 9.02. The first-order chi connectivity index (χ1) is 16.0. The quantitative estimate of drug-likeness (QED) is 0.764. The zero-order valence-electron chi connectivity index (χ0n) is 19.4. The number of nitrogens with zero attached hydrogens (tertiary/aromatic N) is 3. The molecule has 0 aromatic heterocycles. The molecule has 0 bridgehead atoms. The number of hydrogen-bond donors (Lipinski definition) is 1. The molecule has 1 fully saturated rings. The van der Waals surface area contributed by atoms with Crippen molar-refractivity contribution in [2.75, 3.05) is 13.1 Å². The van der Waals surface area contributed by atoms with Crippen LogP contribution in [0.15, 0.2) is 60.9 Å². The zero-order chi connectivity index (χ0) is 22.9. The molecule has 2 aromatic carbocycles. The number of fused-ring (bicyclic) bond motifs is 2. The van der Waals surface area contributed by atoms with E-state index in [2.05, 4.69) is 61.7 Å². The van der Waals surface area contributed by atoms with Gasteiger partial charge in [0.2, 0.25) is 5.91 Å². The Bertz CT molecular complexity index is 1060. The minimum absolute atomic E-state index is 0.0584. The number of carbonyl (C=O) groups is 2. The Balaban J connectivity index is 1.17. The van der Waals surface area contributed by atoms with Crippen LogP contribution in [-0.4, -0.2) is 45.8 Å². The number of hydrazine groups is 1. The standard InChI is InChI=1S/C27H32N4O2/c1-19(2)20-7-9-22(10-8-20)24-17-25-27(33)29(15-16-31(25)28-24)14-12-26(32)30-13-11-21-5-3-4-6-23(21)18-30/h3-10,15-16,19,24-25,28H,11-14,17-18H2,1-2H3. The summed E-state index contributed by atoms with van der Waals surface area (Å²) in [5, 5.41) is 1.92. The van der Waals surface area contributed by atoms with Crippen LogP contribution in [0.25, 0.3) is 0 Å². The molecule has 0 spiro atoms. The summed E-state index contributed by atoms with van der Waals surface area (Å²) in [5.74, 6) is 0.672. The maximum absolute atomic E-state index is 13.1. The molecule has 5 rings (SSSR count). The van der Waals surface area contributed by atoms with Crippen LogP contribution in [0.2, 0.25) is 0 Å². The van der Waals surface area contributed by atoms with E-state index in [9.17, 15) is 9.59 Å². The van der Waals surface area contributed by atoms with Gasteiger partial charge in [-0.3, -0.25) is 9.59 Å². The van der Waals surface area contributed by atoms with E-state index in [0.717, 1.165) is 19.4 Å². The summed E-state index contributed by atoms with van der Waals surface area (Å²) in [6.07, 6.45) is 5.69. The summed E-state index contributed by atoms with van der Waals surface area (Å²) in [5.41, 5.74) is 8.53. The summed E-state index contributed by atoms with van der Waals surface area (Å²) in [6.45, 7) is 6.21. The third-order valence-electron chi connectivity index (χ3n) is 7.13. The Morgan fingerprint density at radius 1 is 1.06 bits per heavy atom. The van der Waals surface area contributed by atoms with Crippen LogP contribution < -0.4 is 5.43 Å². The maximum atomic E-state index is 13.1. The fourth-order valence-corrected chi connectivity index (χ4v) is 5.03. The molecule has 0 saturated carbocycles. The second-order valence-electron chi connectivity index (χ2n) is 9.58. The van der Waals surface area contributed by atoms with Crippen LogP contribution in [0.4, 0.5) is 0 Å². The Morgan fingerprint density at radius 2 is 1.82 bits per heavy atom. The summed E-state index contributed by atoms with van der Waals surface area (Å²) < 4.78 is 0. The lowest BCUT2D eigenvalue weighted by molar-refractivity contribution is -0.136. The highest BCUT2D eigenvalue weighted by Gasteiger charge is 2.40. The molecular weight excluding hydrogens is 412 g/mol. The van der Waals surface area contributed by atoms with Crippen molar-refractivity contribution in [1.82, 2.24) is 20.2 Å². The summed E-state index contributed by atoms with van der Waals surface area (Å²) >= 11 is 0. The molecule has 6 heteroatoms. The van der Waals surface area contributed by atoms with Gasteiger partial charge in [-0.1, -0.05) is 62.4 Å². The predicted molar refractivity (Wildman–Crippen MR) is 128 cm³/mol. The normalized spacial score (nSPS) is 22.0. The van der Waals surface area contributed by atoms with Gasteiger partial charge in [0.1, 0.15) is 6.04 Å². The Kier molecular flexibility index (Phi) is 5.94. The van der Waals surface area contributed by atoms with E-state index in [4.69, 9.17) is 0 Å². The first-order valence-corrected chi connectivity index (χ1v) is 12.0. The largest absolute Gasteiger partial charge is 0.338 e. The molecule has 2 amide bonds. The van der Waals surface area contributed by atoms with Crippen molar-refractivity contribution in [3.8, 4) is 0 Å². The van der Waals surface area contributed by atoms with E-state index >= 15 is 0 Å². The third-order valence-corrected chi connectivity index (χ3v) is 7.13. The van der Waals surface area contributed by atoms with Crippen LogP contribution in [0.3, 0.4) is 0 Å². The first kappa shape index (κ1) is 21.7. The predicted octanol–water partition coefficient (Wildman–Crippen LogP) is 3.72. The molecule has 1 saturated heterocycles.